The minimum atomic E-state index is -0.992. The molecule has 0 saturated carbocycles. The van der Waals surface area contributed by atoms with E-state index in [2.05, 4.69) is 54.6 Å². The van der Waals surface area contributed by atoms with Crippen LogP contribution in [0.5, 0.6) is 0 Å². The topological polar surface area (TPSA) is 64.6 Å². The van der Waals surface area contributed by atoms with Crippen molar-refractivity contribution in [3.63, 3.8) is 0 Å². The van der Waals surface area contributed by atoms with Gasteiger partial charge in [-0.25, -0.2) is 8.78 Å². The highest BCUT2D eigenvalue weighted by Gasteiger charge is 2.23. The van der Waals surface area contributed by atoms with Crippen LogP contribution in [0.1, 0.15) is 64.9 Å². The molecule has 0 aromatic heterocycles. The molecule has 2 atom stereocenters. The Labute approximate surface area is 237 Å². The van der Waals surface area contributed by atoms with Gasteiger partial charge in [0.05, 0.1) is 12.1 Å². The number of amides is 1. The molecule has 0 radical (unpaired) electrons. The molecule has 0 aliphatic heterocycles. The number of rotatable bonds is 15. The molecule has 0 bridgehead atoms. The van der Waals surface area contributed by atoms with E-state index >= 15 is 0 Å². The summed E-state index contributed by atoms with van der Waals surface area (Å²) in [5.74, 6) is -1.73. The van der Waals surface area contributed by atoms with Gasteiger partial charge >= 0.3 is 0 Å². The number of nitrogens with zero attached hydrogens (tertiary/aromatic N) is 1. The van der Waals surface area contributed by atoms with Crippen molar-refractivity contribution in [2.45, 2.75) is 71.7 Å². The van der Waals surface area contributed by atoms with Crippen LogP contribution in [0.4, 0.5) is 8.78 Å². The van der Waals surface area contributed by atoms with Crippen LogP contribution in [0.2, 0.25) is 0 Å². The van der Waals surface area contributed by atoms with Gasteiger partial charge in [-0.2, -0.15) is 0 Å². The quantitative estimate of drug-likeness (QED) is 0.232. The van der Waals surface area contributed by atoms with Crippen LogP contribution in [0, 0.1) is 18.6 Å². The van der Waals surface area contributed by atoms with Crippen LogP contribution >= 0.6 is 0 Å². The Morgan fingerprint density at radius 3 is 2.38 bits per heavy atom. The molecule has 0 aliphatic rings. The number of hydrogen-bond acceptors (Lipinski definition) is 4. The Balaban J connectivity index is 1.74. The number of carbonyl (C=O) groups excluding carboxylic acids is 1. The molecule has 1 amide bonds. The zero-order valence-electron chi connectivity index (χ0n) is 24.1. The summed E-state index contributed by atoms with van der Waals surface area (Å²) in [6.45, 7) is 8.64. The third-order valence-corrected chi connectivity index (χ3v) is 6.99. The van der Waals surface area contributed by atoms with Gasteiger partial charge in [0.15, 0.2) is 0 Å². The van der Waals surface area contributed by atoms with E-state index in [9.17, 15) is 18.7 Å². The molecule has 3 N–H and O–H groups in total. The molecule has 3 aromatic rings. The van der Waals surface area contributed by atoms with Gasteiger partial charge in [-0.1, -0.05) is 56.2 Å². The molecule has 0 saturated heterocycles. The third kappa shape index (κ3) is 10.1. The largest absolute Gasteiger partial charge is 0.390 e. The summed E-state index contributed by atoms with van der Waals surface area (Å²) in [4.78, 5) is 15.6. The van der Waals surface area contributed by atoms with Crippen molar-refractivity contribution in [2.24, 2.45) is 0 Å². The van der Waals surface area contributed by atoms with Crippen LogP contribution in [0.15, 0.2) is 60.7 Å². The molecule has 0 heterocycles. The summed E-state index contributed by atoms with van der Waals surface area (Å²) in [5.41, 5.74) is 5.17. The van der Waals surface area contributed by atoms with Crippen molar-refractivity contribution in [2.75, 3.05) is 20.1 Å². The number of nitrogens with one attached hydrogen (secondary N) is 2. The smallest absolute Gasteiger partial charge is 0.251 e. The molecule has 5 nitrogen and oxygen atoms in total. The van der Waals surface area contributed by atoms with Crippen LogP contribution in [-0.2, 0) is 25.9 Å². The highest BCUT2D eigenvalue weighted by atomic mass is 19.1. The fourth-order valence-electron chi connectivity index (χ4n) is 4.89. The maximum absolute atomic E-state index is 13.9. The summed E-state index contributed by atoms with van der Waals surface area (Å²) in [6, 6.07) is 16.5. The summed E-state index contributed by atoms with van der Waals surface area (Å²) in [5, 5.41) is 17.3. The molecule has 0 aliphatic carbocycles. The maximum atomic E-state index is 13.9. The lowest BCUT2D eigenvalue weighted by Gasteiger charge is -2.25. The fourth-order valence-corrected chi connectivity index (χ4v) is 4.89. The molecular weight excluding hydrogens is 508 g/mol. The molecule has 3 rings (SSSR count). The van der Waals surface area contributed by atoms with E-state index in [0.717, 1.165) is 55.1 Å². The number of unbranched alkanes of at least 4 members (excludes halogenated alkanes) is 1. The lowest BCUT2D eigenvalue weighted by Crippen LogP contribution is -2.48. The molecule has 0 fully saturated rings. The second-order valence-electron chi connectivity index (χ2n) is 10.7. The number of benzene rings is 3. The standard InChI is InChI=1S/C33H43F2N3O2/c1-5-7-11-38(4)22-27-12-23(3)13-28(15-27)33(40)37-31(18-26-16-29(34)19-30(35)17-26)32(39)21-36-20-25-10-8-9-24(6-2)14-25/h8-10,12-17,19,31-32,36,39H,5-7,11,18,20-22H2,1-4H3,(H,37,40)/t31-,32+/m0/s1. The SMILES string of the molecule is CCCCN(C)Cc1cc(C)cc(C(=O)N[C@@H](Cc2cc(F)cc(F)c2)[C@H](O)CNCc2cccc(CC)c2)c1. The van der Waals surface area contributed by atoms with Crippen molar-refractivity contribution >= 4 is 5.91 Å². The first-order valence-electron chi connectivity index (χ1n) is 14.2. The van der Waals surface area contributed by atoms with Gasteiger partial charge in [-0.3, -0.25) is 4.79 Å². The predicted octanol–water partition coefficient (Wildman–Crippen LogP) is 5.56. The molecule has 3 aromatic carbocycles. The number of halogens is 2. The van der Waals surface area contributed by atoms with Gasteiger partial charge in [0.1, 0.15) is 11.6 Å². The number of aliphatic hydroxyl groups is 1. The van der Waals surface area contributed by atoms with Crippen LogP contribution < -0.4 is 10.6 Å². The number of carbonyl (C=O) groups is 1. The van der Waals surface area contributed by atoms with Crippen molar-refractivity contribution in [1.29, 1.82) is 0 Å². The molecule has 0 unspecified atom stereocenters. The number of hydrogen-bond donors (Lipinski definition) is 3. The van der Waals surface area contributed by atoms with E-state index in [4.69, 9.17) is 0 Å². The molecule has 216 valence electrons. The Kier molecular flexibility index (Phi) is 12.2. The predicted molar refractivity (Wildman–Crippen MR) is 157 cm³/mol. The van der Waals surface area contributed by atoms with Crippen molar-refractivity contribution in [3.05, 3.63) is 106 Å². The van der Waals surface area contributed by atoms with Gasteiger partial charge in [0.25, 0.3) is 5.91 Å². The van der Waals surface area contributed by atoms with E-state index in [0.29, 0.717) is 17.7 Å². The van der Waals surface area contributed by atoms with Crippen molar-refractivity contribution in [1.82, 2.24) is 15.5 Å². The Hall–Kier alpha value is -3.13. The first-order valence-corrected chi connectivity index (χ1v) is 14.2. The Morgan fingerprint density at radius 2 is 1.68 bits per heavy atom. The Bertz CT molecular complexity index is 1230. The second-order valence-corrected chi connectivity index (χ2v) is 10.7. The monoisotopic (exact) mass is 551 g/mol. The minimum absolute atomic E-state index is 0.0764. The average molecular weight is 552 g/mol. The van der Waals surface area contributed by atoms with Crippen molar-refractivity contribution < 1.29 is 18.7 Å². The zero-order chi connectivity index (χ0) is 29.1. The molecule has 0 spiro atoms. The van der Waals surface area contributed by atoms with Gasteiger partial charge < -0.3 is 20.6 Å². The third-order valence-electron chi connectivity index (χ3n) is 6.99. The van der Waals surface area contributed by atoms with E-state index in [1.54, 1.807) is 0 Å². The van der Waals surface area contributed by atoms with E-state index < -0.39 is 23.8 Å². The lowest BCUT2D eigenvalue weighted by atomic mass is 9.99. The van der Waals surface area contributed by atoms with Crippen molar-refractivity contribution in [3.8, 4) is 0 Å². The minimum Gasteiger partial charge on any atom is -0.390 e. The number of aryl methyl sites for hydroxylation is 2. The van der Waals surface area contributed by atoms with Gasteiger partial charge in [0, 0.05) is 31.3 Å². The molecule has 40 heavy (non-hydrogen) atoms. The number of aliphatic hydroxyl groups excluding tert-OH is 1. The fraction of sp³-hybridized carbons (Fsp3) is 0.424. The van der Waals surface area contributed by atoms with Crippen LogP contribution in [-0.4, -0.2) is 48.2 Å². The first kappa shape index (κ1) is 31.4. The van der Waals surface area contributed by atoms with E-state index in [1.807, 2.05) is 31.2 Å². The summed E-state index contributed by atoms with van der Waals surface area (Å²) >= 11 is 0. The van der Waals surface area contributed by atoms with Gasteiger partial charge in [0.2, 0.25) is 0 Å². The Morgan fingerprint density at radius 1 is 0.950 bits per heavy atom. The first-order chi connectivity index (χ1) is 19.2. The van der Waals surface area contributed by atoms with Crippen LogP contribution in [0.3, 0.4) is 0 Å². The maximum Gasteiger partial charge on any atom is 0.251 e. The zero-order valence-corrected chi connectivity index (χ0v) is 24.1. The summed E-state index contributed by atoms with van der Waals surface area (Å²) < 4.78 is 27.8. The second kappa shape index (κ2) is 15.6. The molecular formula is C33H43F2N3O2. The average Bonchev–Trinajstić information content (AvgIpc) is 2.90. The van der Waals surface area contributed by atoms with E-state index in [1.165, 1.54) is 17.7 Å². The molecule has 7 heteroatoms. The van der Waals surface area contributed by atoms with Crippen LogP contribution in [0.25, 0.3) is 0 Å². The lowest BCUT2D eigenvalue weighted by molar-refractivity contribution is 0.0829. The van der Waals surface area contributed by atoms with Gasteiger partial charge in [-0.05, 0) is 86.3 Å². The normalized spacial score (nSPS) is 12.9. The highest BCUT2D eigenvalue weighted by molar-refractivity contribution is 5.94. The van der Waals surface area contributed by atoms with E-state index in [-0.39, 0.29) is 18.9 Å². The summed E-state index contributed by atoms with van der Waals surface area (Å²) in [7, 11) is 2.06. The highest BCUT2D eigenvalue weighted by Crippen LogP contribution is 2.16. The van der Waals surface area contributed by atoms with Gasteiger partial charge in [-0.15, -0.1) is 0 Å². The summed E-state index contributed by atoms with van der Waals surface area (Å²) in [6.07, 6.45) is 2.24.